The molecule has 0 spiro atoms. The Labute approximate surface area is 129 Å². The monoisotopic (exact) mass is 327 g/mol. The summed E-state index contributed by atoms with van der Waals surface area (Å²) in [6, 6.07) is 4.20. The largest absolute Gasteiger partial charge is 0.409 e. The number of thioether (sulfide) groups is 1. The van der Waals surface area contributed by atoms with Gasteiger partial charge in [-0.1, -0.05) is 34.3 Å². The summed E-state index contributed by atoms with van der Waals surface area (Å²) in [5.41, 5.74) is 6.71. The van der Waals surface area contributed by atoms with Gasteiger partial charge in [0, 0.05) is 25.4 Å². The zero-order chi connectivity index (χ0) is 15.4. The van der Waals surface area contributed by atoms with Gasteiger partial charge in [-0.2, -0.15) is 0 Å². The molecule has 112 valence electrons. The lowest BCUT2D eigenvalue weighted by atomic mass is 10.1. The highest BCUT2D eigenvalue weighted by atomic mass is 32.2. The predicted molar refractivity (Wildman–Crippen MR) is 82.7 cm³/mol. The highest BCUT2D eigenvalue weighted by molar-refractivity contribution is 8.00. The summed E-state index contributed by atoms with van der Waals surface area (Å²) in [6.07, 6.45) is 0. The van der Waals surface area contributed by atoms with Gasteiger partial charge in [0.2, 0.25) is 5.13 Å². The molecule has 0 aliphatic carbocycles. The number of hydrogen-bond acceptors (Lipinski definition) is 7. The van der Waals surface area contributed by atoms with E-state index in [1.165, 1.54) is 35.2 Å². The van der Waals surface area contributed by atoms with Gasteiger partial charge < -0.3 is 15.8 Å². The lowest BCUT2D eigenvalue weighted by Gasteiger charge is -2.07. The summed E-state index contributed by atoms with van der Waals surface area (Å²) >= 11 is 2.93. The molecule has 0 bridgehead atoms. The van der Waals surface area contributed by atoms with Crippen LogP contribution in [0.4, 0.5) is 9.52 Å². The van der Waals surface area contributed by atoms with Crippen LogP contribution in [0.3, 0.4) is 0 Å². The Kier molecular flexibility index (Phi) is 4.97. The van der Waals surface area contributed by atoms with Crippen LogP contribution in [0.25, 0.3) is 0 Å². The maximum absolute atomic E-state index is 13.3. The Balaban J connectivity index is 2.15. The van der Waals surface area contributed by atoms with Crippen LogP contribution in [-0.2, 0) is 5.75 Å². The highest BCUT2D eigenvalue weighted by Crippen LogP contribution is 2.30. The van der Waals surface area contributed by atoms with E-state index in [2.05, 4.69) is 15.4 Å². The number of oxime groups is 1. The molecule has 0 unspecified atom stereocenters. The fraction of sp³-hybridized carbons (Fsp3) is 0.250. The molecule has 1 aromatic heterocycles. The Morgan fingerprint density at radius 1 is 1.48 bits per heavy atom. The maximum atomic E-state index is 13.3. The van der Waals surface area contributed by atoms with Gasteiger partial charge in [-0.3, -0.25) is 0 Å². The molecule has 9 heteroatoms. The first-order valence-electron chi connectivity index (χ1n) is 5.91. The third-order valence-electron chi connectivity index (χ3n) is 2.59. The first-order valence-corrected chi connectivity index (χ1v) is 7.71. The molecule has 0 radical (unpaired) electrons. The highest BCUT2D eigenvalue weighted by Gasteiger charge is 2.11. The van der Waals surface area contributed by atoms with E-state index in [4.69, 9.17) is 10.9 Å². The molecule has 1 aromatic carbocycles. The summed E-state index contributed by atoms with van der Waals surface area (Å²) in [4.78, 5) is 1.88. The molecule has 3 N–H and O–H groups in total. The van der Waals surface area contributed by atoms with Gasteiger partial charge in [0.1, 0.15) is 5.82 Å². The van der Waals surface area contributed by atoms with E-state index in [0.717, 1.165) is 15.0 Å². The quantitative estimate of drug-likeness (QED) is 0.288. The number of amidine groups is 1. The Bertz CT molecular complexity index is 659. The first-order chi connectivity index (χ1) is 10.0. The van der Waals surface area contributed by atoms with Crippen LogP contribution >= 0.6 is 23.1 Å². The minimum absolute atomic E-state index is 0.114. The van der Waals surface area contributed by atoms with Crippen LogP contribution in [0.2, 0.25) is 0 Å². The van der Waals surface area contributed by atoms with Crippen molar-refractivity contribution < 1.29 is 9.60 Å². The summed E-state index contributed by atoms with van der Waals surface area (Å²) in [5, 5.41) is 20.6. The maximum Gasteiger partial charge on any atom is 0.208 e. The van der Waals surface area contributed by atoms with E-state index in [1.54, 1.807) is 6.07 Å². The second-order valence-electron chi connectivity index (χ2n) is 4.32. The van der Waals surface area contributed by atoms with Crippen LogP contribution in [0.1, 0.15) is 11.1 Å². The van der Waals surface area contributed by atoms with E-state index < -0.39 is 5.82 Å². The third kappa shape index (κ3) is 3.82. The smallest absolute Gasteiger partial charge is 0.208 e. The number of benzene rings is 1. The molecule has 21 heavy (non-hydrogen) atoms. The van der Waals surface area contributed by atoms with Gasteiger partial charge >= 0.3 is 0 Å². The van der Waals surface area contributed by atoms with Crippen molar-refractivity contribution in [3.05, 3.63) is 35.1 Å². The Hall–Kier alpha value is -1.87. The number of nitrogens with zero attached hydrogens (tertiary/aromatic N) is 4. The van der Waals surface area contributed by atoms with Crippen LogP contribution < -0.4 is 10.6 Å². The SMILES string of the molecule is CN(C)c1nnc(SCc2ccc(F)cc2C(N)=NO)s1. The molecule has 1 heterocycles. The molecule has 6 nitrogen and oxygen atoms in total. The average molecular weight is 327 g/mol. The molecule has 0 amide bonds. The second-order valence-corrected chi connectivity index (χ2v) is 6.50. The molecule has 2 rings (SSSR count). The molecular formula is C12H14FN5OS2. The predicted octanol–water partition coefficient (Wildman–Crippen LogP) is 2.13. The fourth-order valence-corrected chi connectivity index (χ4v) is 3.32. The molecule has 2 aromatic rings. The molecule has 0 atom stereocenters. The van der Waals surface area contributed by atoms with Crippen molar-refractivity contribution in [1.82, 2.24) is 10.2 Å². The Morgan fingerprint density at radius 3 is 2.86 bits per heavy atom. The van der Waals surface area contributed by atoms with Crippen molar-refractivity contribution in [3.8, 4) is 0 Å². The zero-order valence-corrected chi connectivity index (χ0v) is 13.1. The molecule has 0 fully saturated rings. The standard InChI is InChI=1S/C12H14FN5OS2/c1-18(2)11-15-16-12(21-11)20-6-7-3-4-8(13)5-9(7)10(14)17-19/h3-5,19H,6H2,1-2H3,(H2,14,17). The Morgan fingerprint density at radius 2 is 2.24 bits per heavy atom. The van der Waals surface area contributed by atoms with E-state index in [0.29, 0.717) is 11.3 Å². The lowest BCUT2D eigenvalue weighted by molar-refractivity contribution is 0.318. The van der Waals surface area contributed by atoms with Gasteiger partial charge in [-0.05, 0) is 17.7 Å². The van der Waals surface area contributed by atoms with E-state index in [1.807, 2.05) is 19.0 Å². The summed E-state index contributed by atoms with van der Waals surface area (Å²) in [5.74, 6) is -0.0269. The molecular weight excluding hydrogens is 313 g/mol. The topological polar surface area (TPSA) is 87.6 Å². The van der Waals surface area contributed by atoms with E-state index in [9.17, 15) is 4.39 Å². The van der Waals surface area contributed by atoms with Gasteiger partial charge in [0.05, 0.1) is 0 Å². The van der Waals surface area contributed by atoms with Crippen molar-refractivity contribution in [3.63, 3.8) is 0 Å². The van der Waals surface area contributed by atoms with Crippen molar-refractivity contribution in [2.75, 3.05) is 19.0 Å². The number of aromatic nitrogens is 2. The van der Waals surface area contributed by atoms with Gasteiger partial charge in [0.15, 0.2) is 10.2 Å². The van der Waals surface area contributed by atoms with Crippen molar-refractivity contribution in [2.24, 2.45) is 10.9 Å². The number of rotatable bonds is 5. The fourth-order valence-electron chi connectivity index (χ4n) is 1.55. The molecule has 0 aliphatic heterocycles. The number of anilines is 1. The van der Waals surface area contributed by atoms with Gasteiger partial charge in [-0.25, -0.2) is 4.39 Å². The molecule has 0 saturated heterocycles. The average Bonchev–Trinajstić information content (AvgIpc) is 2.94. The second kappa shape index (κ2) is 6.72. The summed E-state index contributed by atoms with van der Waals surface area (Å²) in [6.45, 7) is 0. The number of nitrogens with two attached hydrogens (primary N) is 1. The normalized spacial score (nSPS) is 11.7. The van der Waals surface area contributed by atoms with E-state index >= 15 is 0 Å². The summed E-state index contributed by atoms with van der Waals surface area (Å²) < 4.78 is 14.1. The molecule has 0 saturated carbocycles. The third-order valence-corrected chi connectivity index (χ3v) is 4.86. The number of halogens is 1. The van der Waals surface area contributed by atoms with Crippen molar-refractivity contribution >= 4 is 34.1 Å². The van der Waals surface area contributed by atoms with Crippen LogP contribution in [0.15, 0.2) is 27.7 Å². The van der Waals surface area contributed by atoms with Crippen LogP contribution in [0, 0.1) is 5.82 Å². The zero-order valence-electron chi connectivity index (χ0n) is 11.4. The van der Waals surface area contributed by atoms with Crippen LogP contribution in [-0.4, -0.2) is 35.3 Å². The van der Waals surface area contributed by atoms with E-state index in [-0.39, 0.29) is 5.84 Å². The summed E-state index contributed by atoms with van der Waals surface area (Å²) in [7, 11) is 3.79. The van der Waals surface area contributed by atoms with Crippen molar-refractivity contribution in [1.29, 1.82) is 0 Å². The van der Waals surface area contributed by atoms with Gasteiger partial charge in [-0.15, -0.1) is 10.2 Å². The first kappa shape index (κ1) is 15.5. The lowest BCUT2D eigenvalue weighted by Crippen LogP contribution is -2.15. The van der Waals surface area contributed by atoms with Crippen molar-refractivity contribution in [2.45, 2.75) is 10.1 Å². The number of hydrogen-bond donors (Lipinski definition) is 2. The molecule has 0 aliphatic rings. The minimum Gasteiger partial charge on any atom is -0.409 e. The van der Waals surface area contributed by atoms with Crippen LogP contribution in [0.5, 0.6) is 0 Å². The van der Waals surface area contributed by atoms with Gasteiger partial charge in [0.25, 0.3) is 0 Å². The minimum atomic E-state index is -0.434.